The normalized spacial score (nSPS) is 12.8. The molecular weight excluding hydrogens is 110 g/mol. The summed E-state index contributed by atoms with van der Waals surface area (Å²) in [5, 5.41) is 0. The van der Waals surface area contributed by atoms with Gasteiger partial charge in [-0.3, -0.25) is 0 Å². The zero-order chi connectivity index (χ0) is 7.28. The molecule has 0 N–H and O–H groups in total. The van der Waals surface area contributed by atoms with Crippen molar-refractivity contribution in [3.63, 3.8) is 0 Å². The maximum absolute atomic E-state index is 2.32. The lowest BCUT2D eigenvalue weighted by Crippen LogP contribution is -2.17. The Morgan fingerprint density at radius 3 is 2.11 bits per heavy atom. The van der Waals surface area contributed by atoms with Crippen molar-refractivity contribution in [1.82, 2.24) is 0 Å². The fourth-order valence-electron chi connectivity index (χ4n) is 0.886. The molecule has 0 fully saturated rings. The smallest absolute Gasteiger partial charge is 0.144 e. The van der Waals surface area contributed by atoms with E-state index in [-0.39, 0.29) is 0 Å². The van der Waals surface area contributed by atoms with E-state index in [1.54, 1.807) is 0 Å². The van der Waals surface area contributed by atoms with E-state index >= 15 is 0 Å². The molecule has 0 aromatic carbocycles. The van der Waals surface area contributed by atoms with Gasteiger partial charge in [0.1, 0.15) is 19.3 Å². The van der Waals surface area contributed by atoms with E-state index in [2.05, 4.69) is 38.5 Å². The lowest BCUT2D eigenvalue weighted by molar-refractivity contribution is -0.526. The van der Waals surface area contributed by atoms with Crippen LogP contribution in [0.15, 0.2) is 0 Å². The summed E-state index contributed by atoms with van der Waals surface area (Å²) in [5.41, 5.74) is 0. The van der Waals surface area contributed by atoms with Gasteiger partial charge in [-0.2, -0.15) is 0 Å². The zero-order valence-electron chi connectivity index (χ0n) is 7.02. The predicted octanol–water partition coefficient (Wildman–Crippen LogP) is 1.77. The molecular formula is C8H18N+. The summed E-state index contributed by atoms with van der Waals surface area (Å²) in [6.07, 6.45) is 2.15. The van der Waals surface area contributed by atoms with E-state index in [4.69, 9.17) is 0 Å². The van der Waals surface area contributed by atoms with Crippen LogP contribution < -0.4 is 0 Å². The third-order valence-electron chi connectivity index (χ3n) is 1.37. The molecule has 0 saturated heterocycles. The SMILES string of the molecule is CC=[N+](CC)CC(C)C. The van der Waals surface area contributed by atoms with Crippen molar-refractivity contribution in [2.24, 2.45) is 5.92 Å². The molecule has 0 spiro atoms. The molecule has 0 heterocycles. The van der Waals surface area contributed by atoms with E-state index in [1.165, 1.54) is 6.54 Å². The Morgan fingerprint density at radius 1 is 1.44 bits per heavy atom. The van der Waals surface area contributed by atoms with E-state index in [0.717, 1.165) is 12.5 Å². The molecule has 0 aromatic rings. The Morgan fingerprint density at radius 2 is 2.00 bits per heavy atom. The predicted molar refractivity (Wildman–Crippen MR) is 42.2 cm³/mol. The van der Waals surface area contributed by atoms with Crippen LogP contribution in [0.1, 0.15) is 27.7 Å². The van der Waals surface area contributed by atoms with Gasteiger partial charge >= 0.3 is 0 Å². The van der Waals surface area contributed by atoms with Gasteiger partial charge in [-0.25, -0.2) is 4.58 Å². The average molecular weight is 128 g/mol. The Balaban J connectivity index is 3.58. The molecule has 0 aromatic heterocycles. The van der Waals surface area contributed by atoms with Crippen LogP contribution in [-0.2, 0) is 0 Å². The largest absolute Gasteiger partial charge is 0.240 e. The van der Waals surface area contributed by atoms with Gasteiger partial charge in [0.2, 0.25) is 0 Å². The molecule has 0 rings (SSSR count). The van der Waals surface area contributed by atoms with Gasteiger partial charge in [-0.15, -0.1) is 0 Å². The quantitative estimate of drug-likeness (QED) is 0.402. The van der Waals surface area contributed by atoms with Crippen LogP contribution in [0.25, 0.3) is 0 Å². The van der Waals surface area contributed by atoms with E-state index < -0.39 is 0 Å². The molecule has 0 amide bonds. The molecule has 0 unspecified atom stereocenters. The highest BCUT2D eigenvalue weighted by Gasteiger charge is 2.01. The summed E-state index contributed by atoms with van der Waals surface area (Å²) in [5.74, 6) is 0.779. The van der Waals surface area contributed by atoms with Gasteiger partial charge in [0.05, 0.1) is 0 Å². The van der Waals surface area contributed by atoms with Crippen LogP contribution in [0.5, 0.6) is 0 Å². The van der Waals surface area contributed by atoms with Crippen LogP contribution in [0.2, 0.25) is 0 Å². The highest BCUT2D eigenvalue weighted by Crippen LogP contribution is 1.90. The summed E-state index contributed by atoms with van der Waals surface area (Å²) < 4.78 is 2.32. The first-order valence-electron chi connectivity index (χ1n) is 3.74. The summed E-state index contributed by atoms with van der Waals surface area (Å²) >= 11 is 0. The first-order chi connectivity index (χ1) is 4.20. The monoisotopic (exact) mass is 128 g/mol. The zero-order valence-corrected chi connectivity index (χ0v) is 7.02. The topological polar surface area (TPSA) is 3.01 Å². The fraction of sp³-hybridized carbons (Fsp3) is 0.875. The molecule has 0 atom stereocenters. The Labute approximate surface area is 58.4 Å². The Bertz CT molecular complexity index is 92.7. The van der Waals surface area contributed by atoms with Crippen molar-refractivity contribution in [2.75, 3.05) is 13.1 Å². The van der Waals surface area contributed by atoms with Crippen molar-refractivity contribution in [1.29, 1.82) is 0 Å². The molecule has 54 valence electrons. The molecule has 1 nitrogen and oxygen atoms in total. The highest BCUT2D eigenvalue weighted by atomic mass is 15.0. The van der Waals surface area contributed by atoms with Gasteiger partial charge in [0.15, 0.2) is 0 Å². The average Bonchev–Trinajstić information content (AvgIpc) is 1.82. The molecule has 0 bridgehead atoms. The van der Waals surface area contributed by atoms with Crippen molar-refractivity contribution in [2.45, 2.75) is 27.7 Å². The minimum atomic E-state index is 0.779. The van der Waals surface area contributed by atoms with Crippen molar-refractivity contribution in [3.8, 4) is 0 Å². The number of hydrogen-bond donors (Lipinski definition) is 0. The molecule has 0 aliphatic rings. The van der Waals surface area contributed by atoms with E-state index in [0.29, 0.717) is 0 Å². The van der Waals surface area contributed by atoms with Crippen LogP contribution in [-0.4, -0.2) is 23.9 Å². The second-order valence-corrected chi connectivity index (χ2v) is 2.74. The van der Waals surface area contributed by atoms with Gasteiger partial charge in [0, 0.05) is 12.8 Å². The van der Waals surface area contributed by atoms with Crippen LogP contribution >= 0.6 is 0 Å². The maximum Gasteiger partial charge on any atom is 0.144 e. The summed E-state index contributed by atoms with van der Waals surface area (Å²) in [7, 11) is 0. The lowest BCUT2D eigenvalue weighted by atomic mass is 10.2. The molecule has 9 heavy (non-hydrogen) atoms. The summed E-state index contributed by atoms with van der Waals surface area (Å²) in [4.78, 5) is 0. The molecule has 0 aliphatic heterocycles. The van der Waals surface area contributed by atoms with Gasteiger partial charge in [-0.1, -0.05) is 13.8 Å². The van der Waals surface area contributed by atoms with Crippen LogP contribution in [0.3, 0.4) is 0 Å². The first kappa shape index (κ1) is 8.67. The van der Waals surface area contributed by atoms with Crippen molar-refractivity contribution in [3.05, 3.63) is 0 Å². The van der Waals surface area contributed by atoms with Crippen molar-refractivity contribution >= 4 is 6.21 Å². The molecule has 1 heteroatoms. The maximum atomic E-state index is 2.32. The minimum absolute atomic E-state index is 0.779. The third kappa shape index (κ3) is 4.19. The van der Waals surface area contributed by atoms with Gasteiger partial charge < -0.3 is 0 Å². The molecule has 0 radical (unpaired) electrons. The summed E-state index contributed by atoms with van der Waals surface area (Å²) in [6.45, 7) is 11.1. The van der Waals surface area contributed by atoms with Crippen LogP contribution in [0.4, 0.5) is 0 Å². The second-order valence-electron chi connectivity index (χ2n) is 2.74. The summed E-state index contributed by atoms with van der Waals surface area (Å²) in [6, 6.07) is 0. The second kappa shape index (κ2) is 4.54. The molecule has 0 saturated carbocycles. The number of rotatable bonds is 3. The minimum Gasteiger partial charge on any atom is -0.240 e. The number of nitrogens with zero attached hydrogens (tertiary/aromatic N) is 1. The van der Waals surface area contributed by atoms with Crippen molar-refractivity contribution < 1.29 is 4.58 Å². The van der Waals surface area contributed by atoms with Gasteiger partial charge in [0.25, 0.3) is 0 Å². The van der Waals surface area contributed by atoms with Crippen LogP contribution in [0, 0.1) is 5.92 Å². The third-order valence-corrected chi connectivity index (χ3v) is 1.37. The molecule has 0 aliphatic carbocycles. The van der Waals surface area contributed by atoms with E-state index in [1.807, 2.05) is 0 Å². The first-order valence-corrected chi connectivity index (χ1v) is 3.74. The highest BCUT2D eigenvalue weighted by molar-refractivity contribution is 5.46. The standard InChI is InChI=1S/C8H18N/c1-5-9(6-2)7-8(3)4/h5,8H,6-7H2,1-4H3/q+1. The number of hydrogen-bond acceptors (Lipinski definition) is 0. The Hall–Kier alpha value is -0.330. The van der Waals surface area contributed by atoms with Gasteiger partial charge in [-0.05, 0) is 6.92 Å². The van der Waals surface area contributed by atoms with E-state index in [9.17, 15) is 0 Å². The Kier molecular flexibility index (Phi) is 4.37. The lowest BCUT2D eigenvalue weighted by Gasteiger charge is -2.01. The fourth-order valence-corrected chi connectivity index (χ4v) is 0.886.